The Kier molecular flexibility index (Phi) is 2.78. The number of aromatic hydroxyl groups is 1. The molecule has 0 atom stereocenters. The van der Waals surface area contributed by atoms with E-state index in [1.807, 2.05) is 12.1 Å². The van der Waals surface area contributed by atoms with Crippen molar-refractivity contribution in [3.63, 3.8) is 0 Å². The lowest BCUT2D eigenvalue weighted by atomic mass is 10.0. The highest BCUT2D eigenvalue weighted by atomic mass is 16.4. The van der Waals surface area contributed by atoms with E-state index in [1.165, 1.54) is 12.1 Å². The zero-order valence-electron chi connectivity index (χ0n) is 8.88. The second-order valence-corrected chi connectivity index (χ2v) is 3.71. The van der Waals surface area contributed by atoms with Crippen molar-refractivity contribution >= 4 is 22.5 Å². The standard InChI is InChI=1S/C13H10O4/c14-11-6-9-4-2-1-3-8(9)5-10(11)12(15)7-13(16)17/h1-6,14H,7H2,(H,16,17). The van der Waals surface area contributed by atoms with Gasteiger partial charge in [-0.2, -0.15) is 0 Å². The Labute approximate surface area is 97.1 Å². The number of hydrogen-bond donors (Lipinski definition) is 2. The summed E-state index contributed by atoms with van der Waals surface area (Å²) in [5, 5.41) is 19.8. The van der Waals surface area contributed by atoms with Crippen molar-refractivity contribution in [1.82, 2.24) is 0 Å². The molecule has 2 rings (SSSR count). The van der Waals surface area contributed by atoms with Gasteiger partial charge in [0.25, 0.3) is 0 Å². The second kappa shape index (κ2) is 4.25. The predicted octanol–water partition coefficient (Wildman–Crippen LogP) is 2.20. The maximum absolute atomic E-state index is 11.6. The number of rotatable bonds is 3. The first-order valence-electron chi connectivity index (χ1n) is 5.04. The molecular weight excluding hydrogens is 220 g/mol. The fourth-order valence-electron chi connectivity index (χ4n) is 1.68. The number of carbonyl (C=O) groups is 2. The SMILES string of the molecule is O=C(O)CC(=O)c1cc2ccccc2cc1O. The van der Waals surface area contributed by atoms with Crippen LogP contribution in [0.1, 0.15) is 16.8 Å². The van der Waals surface area contributed by atoms with Crippen LogP contribution in [0.4, 0.5) is 0 Å². The molecule has 2 N–H and O–H groups in total. The van der Waals surface area contributed by atoms with Gasteiger partial charge in [-0.3, -0.25) is 9.59 Å². The summed E-state index contributed by atoms with van der Waals surface area (Å²) in [5.41, 5.74) is 0.0473. The average Bonchev–Trinajstić information content (AvgIpc) is 2.27. The summed E-state index contributed by atoms with van der Waals surface area (Å²) in [5.74, 6) is -1.99. The molecule has 0 amide bonds. The lowest BCUT2D eigenvalue weighted by Gasteiger charge is -2.04. The Morgan fingerprint density at radius 3 is 2.24 bits per heavy atom. The van der Waals surface area contributed by atoms with Crippen molar-refractivity contribution in [2.75, 3.05) is 0 Å². The highest BCUT2D eigenvalue weighted by Crippen LogP contribution is 2.25. The van der Waals surface area contributed by atoms with Crippen LogP contribution in [0.15, 0.2) is 36.4 Å². The highest BCUT2D eigenvalue weighted by molar-refractivity contribution is 6.09. The number of carbonyl (C=O) groups excluding carboxylic acids is 1. The van der Waals surface area contributed by atoms with Crippen molar-refractivity contribution in [2.45, 2.75) is 6.42 Å². The molecule has 0 heterocycles. The average molecular weight is 230 g/mol. The number of carboxylic acid groups (broad SMARTS) is 1. The molecule has 0 saturated carbocycles. The summed E-state index contributed by atoms with van der Waals surface area (Å²) >= 11 is 0. The Morgan fingerprint density at radius 1 is 1.06 bits per heavy atom. The molecule has 2 aromatic rings. The van der Waals surface area contributed by atoms with Crippen LogP contribution in [0.3, 0.4) is 0 Å². The maximum atomic E-state index is 11.6. The third kappa shape index (κ3) is 2.25. The first-order valence-corrected chi connectivity index (χ1v) is 5.04. The fourth-order valence-corrected chi connectivity index (χ4v) is 1.68. The van der Waals surface area contributed by atoms with Crippen LogP contribution in [0, 0.1) is 0 Å². The monoisotopic (exact) mass is 230 g/mol. The molecule has 4 heteroatoms. The van der Waals surface area contributed by atoms with Crippen LogP contribution >= 0.6 is 0 Å². The van der Waals surface area contributed by atoms with Crippen molar-refractivity contribution < 1.29 is 19.8 Å². The topological polar surface area (TPSA) is 74.6 Å². The van der Waals surface area contributed by atoms with E-state index >= 15 is 0 Å². The number of hydrogen-bond acceptors (Lipinski definition) is 3. The van der Waals surface area contributed by atoms with Gasteiger partial charge in [0.1, 0.15) is 12.2 Å². The summed E-state index contributed by atoms with van der Waals surface area (Å²) in [6.45, 7) is 0. The van der Waals surface area contributed by atoms with Crippen LogP contribution in [0.2, 0.25) is 0 Å². The van der Waals surface area contributed by atoms with E-state index in [-0.39, 0.29) is 11.3 Å². The molecule has 17 heavy (non-hydrogen) atoms. The van der Waals surface area contributed by atoms with Gasteiger partial charge in [0.05, 0.1) is 5.56 Å². The van der Waals surface area contributed by atoms with Crippen LogP contribution in [-0.2, 0) is 4.79 Å². The van der Waals surface area contributed by atoms with Crippen LogP contribution in [-0.4, -0.2) is 22.0 Å². The van der Waals surface area contributed by atoms with Gasteiger partial charge in [-0.05, 0) is 22.9 Å². The minimum Gasteiger partial charge on any atom is -0.507 e. The number of phenols is 1. The van der Waals surface area contributed by atoms with E-state index in [2.05, 4.69) is 0 Å². The summed E-state index contributed by atoms with van der Waals surface area (Å²) in [7, 11) is 0. The molecule has 0 aromatic heterocycles. The number of ketones is 1. The zero-order chi connectivity index (χ0) is 12.4. The predicted molar refractivity (Wildman–Crippen MR) is 62.2 cm³/mol. The molecule has 0 fully saturated rings. The van der Waals surface area contributed by atoms with E-state index in [4.69, 9.17) is 5.11 Å². The molecule has 0 saturated heterocycles. The van der Waals surface area contributed by atoms with Gasteiger partial charge in [0, 0.05) is 0 Å². The van der Waals surface area contributed by atoms with Gasteiger partial charge < -0.3 is 10.2 Å². The number of aliphatic carboxylic acids is 1. The first-order chi connectivity index (χ1) is 8.08. The normalized spacial score (nSPS) is 10.4. The molecule has 4 nitrogen and oxygen atoms in total. The Balaban J connectivity index is 2.50. The lowest BCUT2D eigenvalue weighted by molar-refractivity contribution is -0.135. The smallest absolute Gasteiger partial charge is 0.311 e. The molecular formula is C13H10O4. The van der Waals surface area contributed by atoms with Gasteiger partial charge in [-0.1, -0.05) is 24.3 Å². The number of benzene rings is 2. The number of fused-ring (bicyclic) bond motifs is 1. The number of carboxylic acids is 1. The van der Waals surface area contributed by atoms with Crippen LogP contribution in [0.25, 0.3) is 10.8 Å². The quantitative estimate of drug-likeness (QED) is 0.626. The van der Waals surface area contributed by atoms with Gasteiger partial charge >= 0.3 is 5.97 Å². The van der Waals surface area contributed by atoms with Gasteiger partial charge in [0.15, 0.2) is 5.78 Å². The van der Waals surface area contributed by atoms with Crippen LogP contribution in [0.5, 0.6) is 5.75 Å². The molecule has 86 valence electrons. The van der Waals surface area contributed by atoms with Crippen LogP contribution < -0.4 is 0 Å². The molecule has 0 aliphatic heterocycles. The lowest BCUT2D eigenvalue weighted by Crippen LogP contribution is -2.07. The molecule has 0 unspecified atom stereocenters. The zero-order valence-corrected chi connectivity index (χ0v) is 8.88. The molecule has 0 aliphatic carbocycles. The Hall–Kier alpha value is -2.36. The van der Waals surface area contributed by atoms with E-state index in [9.17, 15) is 14.7 Å². The van der Waals surface area contributed by atoms with Crippen molar-refractivity contribution in [1.29, 1.82) is 0 Å². The minimum atomic E-state index is -1.21. The third-order valence-corrected chi connectivity index (χ3v) is 2.48. The first kappa shape index (κ1) is 11.1. The Bertz CT molecular complexity index is 601. The molecule has 2 aromatic carbocycles. The summed E-state index contributed by atoms with van der Waals surface area (Å²) in [4.78, 5) is 22.0. The number of phenolic OH excluding ortho intramolecular Hbond substituents is 1. The molecule has 0 aliphatic rings. The highest BCUT2D eigenvalue weighted by Gasteiger charge is 2.15. The third-order valence-electron chi connectivity index (χ3n) is 2.48. The van der Waals surface area contributed by atoms with E-state index in [0.29, 0.717) is 0 Å². The maximum Gasteiger partial charge on any atom is 0.311 e. The van der Waals surface area contributed by atoms with Crippen molar-refractivity contribution in [2.24, 2.45) is 0 Å². The largest absolute Gasteiger partial charge is 0.507 e. The Morgan fingerprint density at radius 2 is 1.65 bits per heavy atom. The molecule has 0 bridgehead atoms. The van der Waals surface area contributed by atoms with Gasteiger partial charge in [-0.25, -0.2) is 0 Å². The molecule has 0 spiro atoms. The molecule has 0 radical (unpaired) electrons. The van der Waals surface area contributed by atoms with E-state index < -0.39 is 18.2 Å². The van der Waals surface area contributed by atoms with Crippen molar-refractivity contribution in [3.8, 4) is 5.75 Å². The summed E-state index contributed by atoms with van der Waals surface area (Å²) in [6, 6.07) is 10.2. The van der Waals surface area contributed by atoms with E-state index in [1.54, 1.807) is 12.1 Å². The second-order valence-electron chi connectivity index (χ2n) is 3.71. The van der Waals surface area contributed by atoms with Gasteiger partial charge in [-0.15, -0.1) is 0 Å². The number of Topliss-reactive ketones (excluding diaryl/α,β-unsaturated/α-hetero) is 1. The minimum absolute atomic E-state index is 0.0473. The van der Waals surface area contributed by atoms with Gasteiger partial charge in [0.2, 0.25) is 0 Å². The van der Waals surface area contributed by atoms with E-state index in [0.717, 1.165) is 10.8 Å². The fraction of sp³-hybridized carbons (Fsp3) is 0.0769. The van der Waals surface area contributed by atoms with Crippen molar-refractivity contribution in [3.05, 3.63) is 42.0 Å². The summed E-state index contributed by atoms with van der Waals surface area (Å²) in [6.07, 6.45) is -0.619. The summed E-state index contributed by atoms with van der Waals surface area (Å²) < 4.78 is 0.